The SMILES string of the molecule is CCCCCCCCCC[C@H](O)C1C=CC2C(=O)N(Cc3cccnc3)C(=O)[C@H]2N1Nc1ccc([N+](=O)[O-])cc1. The van der Waals surface area contributed by atoms with Crippen molar-refractivity contribution >= 4 is 23.2 Å². The van der Waals surface area contributed by atoms with Gasteiger partial charge < -0.3 is 10.5 Å². The van der Waals surface area contributed by atoms with Gasteiger partial charge >= 0.3 is 0 Å². The molecular formula is C30H39N5O5. The summed E-state index contributed by atoms with van der Waals surface area (Å²) in [5, 5.41) is 24.0. The second-order valence-electron chi connectivity index (χ2n) is 10.6. The number of aromatic nitrogens is 1. The zero-order valence-electron chi connectivity index (χ0n) is 23.0. The standard InChI is InChI=1S/C30H39N5O5/c1-2-3-4-5-6-7-8-9-12-27(36)26-18-17-25-28(34(26)32-23-13-15-24(16-14-23)35(39)40)30(38)33(29(25)37)21-22-11-10-19-31-20-22/h10-11,13-20,25-28,32,36H,2-9,12,21H2,1H3/t25?,26?,27-,28-/m0/s1. The molecule has 0 bridgehead atoms. The van der Waals surface area contributed by atoms with E-state index in [2.05, 4.69) is 17.3 Å². The molecule has 0 saturated carbocycles. The van der Waals surface area contributed by atoms with Crippen LogP contribution >= 0.6 is 0 Å². The van der Waals surface area contributed by atoms with E-state index in [4.69, 9.17) is 0 Å². The Labute approximate surface area is 235 Å². The number of hydrogen-bond donors (Lipinski definition) is 2. The van der Waals surface area contributed by atoms with Crippen molar-refractivity contribution in [3.63, 3.8) is 0 Å². The molecule has 1 fully saturated rings. The number of nitrogens with one attached hydrogen (secondary N) is 1. The summed E-state index contributed by atoms with van der Waals surface area (Å²) < 4.78 is 0. The van der Waals surface area contributed by atoms with Crippen molar-refractivity contribution in [3.8, 4) is 0 Å². The lowest BCUT2D eigenvalue weighted by Crippen LogP contribution is -2.57. The largest absolute Gasteiger partial charge is 0.391 e. The number of unbranched alkanes of at least 4 members (excludes halogenated alkanes) is 7. The molecule has 2 unspecified atom stereocenters. The van der Waals surface area contributed by atoms with Crippen molar-refractivity contribution in [2.45, 2.75) is 89.4 Å². The number of imide groups is 1. The number of rotatable bonds is 15. The molecule has 2 N–H and O–H groups in total. The highest BCUT2D eigenvalue weighted by atomic mass is 16.6. The molecule has 0 aliphatic carbocycles. The number of amides is 2. The van der Waals surface area contributed by atoms with Crippen LogP contribution in [0, 0.1) is 16.0 Å². The average molecular weight is 550 g/mol. The maximum atomic E-state index is 13.7. The minimum Gasteiger partial charge on any atom is -0.391 e. The van der Waals surface area contributed by atoms with Gasteiger partial charge in [-0.15, -0.1) is 0 Å². The van der Waals surface area contributed by atoms with Gasteiger partial charge in [-0.25, -0.2) is 5.01 Å². The molecule has 1 aromatic carbocycles. The highest BCUT2D eigenvalue weighted by Gasteiger charge is 2.53. The summed E-state index contributed by atoms with van der Waals surface area (Å²) in [4.78, 5) is 43.0. The van der Waals surface area contributed by atoms with Gasteiger partial charge in [0.25, 0.3) is 5.69 Å². The second-order valence-corrected chi connectivity index (χ2v) is 10.6. The summed E-state index contributed by atoms with van der Waals surface area (Å²) in [6, 6.07) is 8.02. The number of nitrogens with zero attached hydrogens (tertiary/aromatic N) is 4. The Bertz CT molecular complexity index is 1170. The van der Waals surface area contributed by atoms with Crippen LogP contribution in [0.4, 0.5) is 11.4 Å². The average Bonchev–Trinajstić information content (AvgIpc) is 3.20. The molecule has 2 aromatic rings. The van der Waals surface area contributed by atoms with Crippen molar-refractivity contribution in [2.75, 3.05) is 5.43 Å². The van der Waals surface area contributed by atoms with E-state index in [1.165, 1.54) is 49.1 Å². The lowest BCUT2D eigenvalue weighted by atomic mass is 9.91. The fraction of sp³-hybridized carbons (Fsp3) is 0.500. The minimum absolute atomic E-state index is 0.0528. The van der Waals surface area contributed by atoms with E-state index in [0.29, 0.717) is 12.1 Å². The normalized spacial score (nSPS) is 21.4. The maximum Gasteiger partial charge on any atom is 0.269 e. The van der Waals surface area contributed by atoms with Crippen LogP contribution in [-0.2, 0) is 16.1 Å². The van der Waals surface area contributed by atoms with Crippen LogP contribution < -0.4 is 5.43 Å². The molecule has 10 heteroatoms. The lowest BCUT2D eigenvalue weighted by Gasteiger charge is -2.40. The van der Waals surface area contributed by atoms with Crippen molar-refractivity contribution in [1.82, 2.24) is 14.9 Å². The second kappa shape index (κ2) is 14.1. The van der Waals surface area contributed by atoms with Crippen LogP contribution in [0.1, 0.15) is 70.3 Å². The molecule has 0 spiro atoms. The van der Waals surface area contributed by atoms with Crippen LogP contribution in [0.15, 0.2) is 60.9 Å². The van der Waals surface area contributed by atoms with Gasteiger partial charge in [-0.2, -0.15) is 0 Å². The van der Waals surface area contributed by atoms with Crippen molar-refractivity contribution in [2.24, 2.45) is 5.92 Å². The van der Waals surface area contributed by atoms with Gasteiger partial charge in [-0.05, 0) is 30.2 Å². The Morgan fingerprint density at radius 3 is 2.35 bits per heavy atom. The number of carbonyl (C=O) groups excluding carboxylic acids is 2. The molecule has 0 radical (unpaired) electrons. The van der Waals surface area contributed by atoms with E-state index in [9.17, 15) is 24.8 Å². The maximum absolute atomic E-state index is 13.7. The Hall–Kier alpha value is -3.63. The van der Waals surface area contributed by atoms with Gasteiger partial charge in [0, 0.05) is 30.2 Å². The molecule has 1 saturated heterocycles. The lowest BCUT2D eigenvalue weighted by molar-refractivity contribution is -0.384. The number of non-ortho nitro benzene ring substituents is 1. The number of likely N-dealkylation sites (tertiary alicyclic amines) is 1. The monoisotopic (exact) mass is 549 g/mol. The van der Waals surface area contributed by atoms with Crippen LogP contribution in [0.25, 0.3) is 0 Å². The molecule has 40 heavy (non-hydrogen) atoms. The summed E-state index contributed by atoms with van der Waals surface area (Å²) in [5.74, 6) is -1.37. The third-order valence-electron chi connectivity index (χ3n) is 7.69. The Kier molecular flexibility index (Phi) is 10.4. The van der Waals surface area contributed by atoms with E-state index in [0.717, 1.165) is 24.8 Å². The molecule has 2 amide bonds. The first-order valence-corrected chi connectivity index (χ1v) is 14.3. The Balaban J connectivity index is 1.48. The first-order chi connectivity index (χ1) is 19.4. The molecular weight excluding hydrogens is 510 g/mol. The number of hydrogen-bond acceptors (Lipinski definition) is 8. The molecule has 10 nitrogen and oxygen atoms in total. The predicted octanol–water partition coefficient (Wildman–Crippen LogP) is 5.00. The summed E-state index contributed by atoms with van der Waals surface area (Å²) in [5.41, 5.74) is 4.42. The number of carbonyl (C=O) groups is 2. The van der Waals surface area contributed by atoms with Gasteiger partial charge in [-0.3, -0.25) is 29.6 Å². The molecule has 2 aliphatic rings. The molecule has 1 aromatic heterocycles. The molecule has 4 atom stereocenters. The topological polar surface area (TPSA) is 129 Å². The number of aliphatic hydroxyl groups is 1. The van der Waals surface area contributed by atoms with Crippen LogP contribution in [0.3, 0.4) is 0 Å². The molecule has 4 rings (SSSR count). The fourth-order valence-electron chi connectivity index (χ4n) is 5.48. The van der Waals surface area contributed by atoms with Crippen LogP contribution in [-0.4, -0.2) is 54.9 Å². The third-order valence-corrected chi connectivity index (χ3v) is 7.69. The number of pyridine rings is 1. The third kappa shape index (κ3) is 7.11. The molecule has 3 heterocycles. The minimum atomic E-state index is -0.859. The highest BCUT2D eigenvalue weighted by Crippen LogP contribution is 2.34. The number of anilines is 1. The van der Waals surface area contributed by atoms with Gasteiger partial charge in [0.15, 0.2) is 0 Å². The first kappa shape index (κ1) is 29.4. The van der Waals surface area contributed by atoms with Gasteiger partial charge in [0.1, 0.15) is 6.04 Å². The van der Waals surface area contributed by atoms with Crippen molar-refractivity contribution in [3.05, 3.63) is 76.6 Å². The predicted molar refractivity (Wildman–Crippen MR) is 152 cm³/mol. The van der Waals surface area contributed by atoms with Gasteiger partial charge in [0.2, 0.25) is 11.8 Å². The summed E-state index contributed by atoms with van der Waals surface area (Å²) in [6.07, 6.45) is 15.8. The fourth-order valence-corrected chi connectivity index (χ4v) is 5.48. The summed E-state index contributed by atoms with van der Waals surface area (Å²) in [7, 11) is 0. The van der Waals surface area contributed by atoms with Crippen LogP contribution in [0.5, 0.6) is 0 Å². The summed E-state index contributed by atoms with van der Waals surface area (Å²) in [6.45, 7) is 2.32. The summed E-state index contributed by atoms with van der Waals surface area (Å²) >= 11 is 0. The van der Waals surface area contributed by atoms with E-state index in [1.54, 1.807) is 47.8 Å². The highest BCUT2D eigenvalue weighted by molar-refractivity contribution is 6.08. The number of fused-ring (bicyclic) bond motifs is 1. The smallest absolute Gasteiger partial charge is 0.269 e. The van der Waals surface area contributed by atoms with E-state index < -0.39 is 29.0 Å². The van der Waals surface area contributed by atoms with E-state index >= 15 is 0 Å². The van der Waals surface area contributed by atoms with Crippen LogP contribution in [0.2, 0.25) is 0 Å². The van der Waals surface area contributed by atoms with E-state index in [1.807, 2.05) is 6.07 Å². The quantitative estimate of drug-likeness (QED) is 0.104. The Morgan fingerprint density at radius 1 is 1.00 bits per heavy atom. The number of hydrazine groups is 1. The van der Waals surface area contributed by atoms with Gasteiger partial charge in [0.05, 0.1) is 29.5 Å². The Morgan fingerprint density at radius 2 is 1.70 bits per heavy atom. The first-order valence-electron chi connectivity index (χ1n) is 14.3. The number of benzene rings is 1. The molecule has 214 valence electrons. The van der Waals surface area contributed by atoms with Gasteiger partial charge in [-0.1, -0.05) is 76.5 Å². The number of nitro groups is 1. The zero-order chi connectivity index (χ0) is 28.5. The zero-order valence-corrected chi connectivity index (χ0v) is 23.0. The van der Waals surface area contributed by atoms with Crippen molar-refractivity contribution in [1.29, 1.82) is 0 Å². The van der Waals surface area contributed by atoms with E-state index in [-0.39, 0.29) is 24.0 Å². The van der Waals surface area contributed by atoms with Crippen molar-refractivity contribution < 1.29 is 19.6 Å². The number of nitro benzene ring substituents is 1. The number of aliphatic hydroxyl groups excluding tert-OH is 1. The molecule has 2 aliphatic heterocycles.